The molecule has 2 aromatic carbocycles. The summed E-state index contributed by atoms with van der Waals surface area (Å²) in [6.07, 6.45) is -0.734. The molecule has 0 amide bonds. The first kappa shape index (κ1) is 16.5. The van der Waals surface area contributed by atoms with Gasteiger partial charge in [-0.25, -0.2) is 0 Å². The van der Waals surface area contributed by atoms with Gasteiger partial charge in [0.05, 0.1) is 12.2 Å². The average Bonchev–Trinajstić information content (AvgIpc) is 2.55. The van der Waals surface area contributed by atoms with Gasteiger partial charge in [0.2, 0.25) is 0 Å². The summed E-state index contributed by atoms with van der Waals surface area (Å²) in [6.45, 7) is 3.80. The van der Waals surface area contributed by atoms with Crippen molar-refractivity contribution in [2.45, 2.75) is 26.1 Å². The van der Waals surface area contributed by atoms with Crippen LogP contribution in [0.5, 0.6) is 0 Å². The van der Waals surface area contributed by atoms with Crippen LogP contribution < -0.4 is 0 Å². The van der Waals surface area contributed by atoms with E-state index in [-0.39, 0.29) is 29.8 Å². The van der Waals surface area contributed by atoms with Gasteiger partial charge in [-0.05, 0) is 12.1 Å². The van der Waals surface area contributed by atoms with Crippen LogP contribution in [0.25, 0.3) is 0 Å². The maximum atomic E-state index is 12.7. The first-order valence-corrected chi connectivity index (χ1v) is 8.44. The Kier molecular flexibility index (Phi) is 4.77. The van der Waals surface area contributed by atoms with Crippen LogP contribution in [0.4, 0.5) is 0 Å². The van der Waals surface area contributed by atoms with E-state index in [1.165, 1.54) is 0 Å². The quantitative estimate of drug-likeness (QED) is 0.701. The highest BCUT2D eigenvalue weighted by molar-refractivity contribution is 6.31. The third kappa shape index (κ3) is 3.03. The molecule has 4 atom stereocenters. The first-order chi connectivity index (χ1) is 11.0. The first-order valence-electron chi connectivity index (χ1n) is 7.68. The van der Waals surface area contributed by atoms with E-state index in [0.717, 1.165) is 11.1 Å². The molecule has 1 heterocycles. The lowest BCUT2D eigenvalue weighted by Gasteiger charge is -2.39. The van der Waals surface area contributed by atoms with Crippen molar-refractivity contribution in [3.8, 4) is 0 Å². The van der Waals surface area contributed by atoms with Gasteiger partial charge < -0.3 is 4.74 Å². The normalized spacial score (nSPS) is 27.9. The molecule has 120 valence electrons. The van der Waals surface area contributed by atoms with Crippen LogP contribution >= 0.6 is 23.2 Å². The Morgan fingerprint density at radius 1 is 0.783 bits per heavy atom. The molecule has 1 aliphatic rings. The highest BCUT2D eigenvalue weighted by Gasteiger charge is 2.42. The second-order valence-electron chi connectivity index (χ2n) is 6.00. The lowest BCUT2D eigenvalue weighted by Crippen LogP contribution is -2.38. The van der Waals surface area contributed by atoms with E-state index in [1.54, 1.807) is 0 Å². The Balaban J connectivity index is 2.02. The van der Waals surface area contributed by atoms with Gasteiger partial charge in [0.15, 0.2) is 0 Å². The van der Waals surface area contributed by atoms with Crippen molar-refractivity contribution in [2.24, 2.45) is 11.8 Å². The van der Waals surface area contributed by atoms with Crippen molar-refractivity contribution in [1.82, 2.24) is 0 Å². The van der Waals surface area contributed by atoms with Crippen LogP contribution in [0, 0.1) is 11.8 Å². The van der Waals surface area contributed by atoms with Gasteiger partial charge in [-0.15, -0.1) is 0 Å². The summed E-state index contributed by atoms with van der Waals surface area (Å²) in [5.74, 6) is -0.321. The van der Waals surface area contributed by atoms with Crippen LogP contribution in [0.1, 0.15) is 37.2 Å². The number of hydrogen-bond donors (Lipinski definition) is 0. The molecule has 0 aliphatic carbocycles. The van der Waals surface area contributed by atoms with E-state index in [2.05, 4.69) is 0 Å². The second-order valence-corrected chi connectivity index (χ2v) is 6.81. The molecule has 0 aromatic heterocycles. The number of benzene rings is 2. The van der Waals surface area contributed by atoms with Gasteiger partial charge in [-0.1, -0.05) is 73.4 Å². The van der Waals surface area contributed by atoms with Gasteiger partial charge in [0.25, 0.3) is 0 Å². The van der Waals surface area contributed by atoms with E-state index in [4.69, 9.17) is 27.9 Å². The Labute approximate surface area is 146 Å². The van der Waals surface area contributed by atoms with E-state index < -0.39 is 0 Å². The maximum absolute atomic E-state index is 12.7. The highest BCUT2D eigenvalue weighted by atomic mass is 35.5. The summed E-state index contributed by atoms with van der Waals surface area (Å²) in [5, 5.41) is 1.23. The zero-order valence-electron chi connectivity index (χ0n) is 13.0. The van der Waals surface area contributed by atoms with Crippen LogP contribution in [0.2, 0.25) is 10.0 Å². The zero-order valence-corrected chi connectivity index (χ0v) is 14.5. The number of rotatable bonds is 2. The van der Waals surface area contributed by atoms with Gasteiger partial charge in [0.1, 0.15) is 5.78 Å². The topological polar surface area (TPSA) is 26.3 Å². The number of ketones is 1. The molecule has 4 heteroatoms. The fraction of sp³-hybridized carbons (Fsp3) is 0.316. The lowest BCUT2D eigenvalue weighted by molar-refractivity contribution is -0.157. The number of carbonyl (C=O) groups excluding carboxylic acids is 1. The van der Waals surface area contributed by atoms with Crippen molar-refractivity contribution in [3.05, 3.63) is 69.7 Å². The van der Waals surface area contributed by atoms with E-state index in [1.807, 2.05) is 62.4 Å². The molecule has 2 aromatic rings. The van der Waals surface area contributed by atoms with Crippen molar-refractivity contribution < 1.29 is 9.53 Å². The monoisotopic (exact) mass is 348 g/mol. The number of ether oxygens (including phenoxy) is 1. The molecule has 23 heavy (non-hydrogen) atoms. The van der Waals surface area contributed by atoms with Gasteiger partial charge >= 0.3 is 0 Å². The summed E-state index contributed by atoms with van der Waals surface area (Å²) in [5.41, 5.74) is 1.69. The van der Waals surface area contributed by atoms with E-state index in [9.17, 15) is 4.79 Å². The Morgan fingerprint density at radius 3 is 1.57 bits per heavy atom. The summed E-state index contributed by atoms with van der Waals surface area (Å²) < 4.78 is 6.33. The summed E-state index contributed by atoms with van der Waals surface area (Å²) in [4.78, 5) is 12.7. The largest absolute Gasteiger partial charge is 0.364 e. The minimum absolute atomic E-state index is 0.172. The molecule has 1 fully saturated rings. The number of Topliss-reactive ketones (excluding diaryl/α,β-unsaturated/α-hetero) is 1. The Hall–Kier alpha value is -1.35. The summed E-state index contributed by atoms with van der Waals surface area (Å²) in [6, 6.07) is 15.0. The van der Waals surface area contributed by atoms with Crippen molar-refractivity contribution in [3.63, 3.8) is 0 Å². The third-order valence-corrected chi connectivity index (χ3v) is 5.21. The van der Waals surface area contributed by atoms with Gasteiger partial charge in [0, 0.05) is 33.0 Å². The van der Waals surface area contributed by atoms with Crippen LogP contribution in [0.15, 0.2) is 48.5 Å². The summed E-state index contributed by atoms with van der Waals surface area (Å²) >= 11 is 12.6. The van der Waals surface area contributed by atoms with Crippen LogP contribution in [-0.4, -0.2) is 5.78 Å². The molecule has 0 radical (unpaired) electrons. The smallest absolute Gasteiger partial charge is 0.144 e. The van der Waals surface area contributed by atoms with Crippen molar-refractivity contribution >= 4 is 29.0 Å². The van der Waals surface area contributed by atoms with Crippen LogP contribution in [0.3, 0.4) is 0 Å². The van der Waals surface area contributed by atoms with Crippen molar-refractivity contribution in [2.75, 3.05) is 0 Å². The molecule has 4 unspecified atom stereocenters. The van der Waals surface area contributed by atoms with E-state index >= 15 is 0 Å². The average molecular weight is 349 g/mol. The molecule has 3 rings (SSSR count). The lowest BCUT2D eigenvalue weighted by atomic mass is 9.80. The highest BCUT2D eigenvalue weighted by Crippen LogP contribution is 2.46. The van der Waals surface area contributed by atoms with Gasteiger partial charge in [-0.3, -0.25) is 4.79 Å². The molecular formula is C19H18Cl2O2. The van der Waals surface area contributed by atoms with Gasteiger partial charge in [-0.2, -0.15) is 0 Å². The fourth-order valence-corrected chi connectivity index (χ4v) is 3.69. The van der Waals surface area contributed by atoms with Crippen molar-refractivity contribution in [1.29, 1.82) is 0 Å². The zero-order chi connectivity index (χ0) is 16.6. The van der Waals surface area contributed by atoms with E-state index in [0.29, 0.717) is 10.0 Å². The predicted octanol–water partition coefficient (Wildman–Crippen LogP) is 5.65. The molecule has 1 aliphatic heterocycles. The standard InChI is InChI=1S/C19H18Cl2O2/c1-11-17(22)12(2)19(14-8-4-6-10-16(14)21)23-18(11)13-7-3-5-9-15(13)20/h3-12,18-19H,1-2H3. The molecule has 0 bridgehead atoms. The fourth-order valence-electron chi connectivity index (χ4n) is 3.20. The second kappa shape index (κ2) is 6.64. The third-order valence-electron chi connectivity index (χ3n) is 4.52. The number of carbonyl (C=O) groups is 1. The molecule has 2 nitrogen and oxygen atoms in total. The minimum Gasteiger partial charge on any atom is -0.364 e. The molecule has 0 saturated carbocycles. The number of halogens is 2. The Morgan fingerprint density at radius 2 is 1.17 bits per heavy atom. The SMILES string of the molecule is CC1C(=O)C(C)C(c2ccccc2Cl)OC1c1ccccc1Cl. The Bertz CT molecular complexity index is 669. The molecule has 1 saturated heterocycles. The summed E-state index contributed by atoms with van der Waals surface area (Å²) in [7, 11) is 0. The maximum Gasteiger partial charge on any atom is 0.144 e. The number of hydrogen-bond acceptors (Lipinski definition) is 2. The molecule has 0 N–H and O–H groups in total. The minimum atomic E-state index is -0.367. The predicted molar refractivity (Wildman–Crippen MR) is 92.8 cm³/mol. The molecule has 0 spiro atoms. The molecular weight excluding hydrogens is 331 g/mol. The van der Waals surface area contributed by atoms with Crippen LogP contribution in [-0.2, 0) is 9.53 Å².